The molecule has 0 heterocycles. The molecule has 0 aliphatic rings. The highest BCUT2D eigenvalue weighted by Crippen LogP contribution is 2.17. The van der Waals surface area contributed by atoms with Crippen molar-refractivity contribution in [1.82, 2.24) is 5.32 Å². The van der Waals surface area contributed by atoms with Gasteiger partial charge >= 0.3 is 5.97 Å². The summed E-state index contributed by atoms with van der Waals surface area (Å²) in [4.78, 5) is 24.5. The lowest BCUT2D eigenvalue weighted by Crippen LogP contribution is -2.45. The van der Waals surface area contributed by atoms with Gasteiger partial charge in [-0.1, -0.05) is 276 Å². The Morgan fingerprint density at radius 3 is 1.22 bits per heavy atom. The number of allylic oxidation sites excluding steroid dienone is 4. The van der Waals surface area contributed by atoms with Crippen molar-refractivity contribution in [1.29, 1.82) is 0 Å². The molecule has 0 saturated heterocycles. The van der Waals surface area contributed by atoms with Crippen LogP contribution in [0.2, 0.25) is 0 Å². The SMILES string of the molecule is CCCC/C=C\C/C=C\CCCCCCCC(=O)OCCCCCCCCCCCCCCCCCCCCCCCCC(=O)NC(CO)C(O)CCCCCCCCCCCCCC. The summed E-state index contributed by atoms with van der Waals surface area (Å²) in [5.41, 5.74) is 0. The molecule has 0 aromatic carbocycles. The van der Waals surface area contributed by atoms with Crippen LogP contribution >= 0.6 is 0 Å². The number of nitrogens with one attached hydrogen (secondary N) is 1. The van der Waals surface area contributed by atoms with Crippen molar-refractivity contribution in [2.24, 2.45) is 0 Å². The predicted octanol–water partition coefficient (Wildman–Crippen LogP) is 17.9. The van der Waals surface area contributed by atoms with E-state index in [9.17, 15) is 19.8 Å². The van der Waals surface area contributed by atoms with Gasteiger partial charge in [0.15, 0.2) is 0 Å². The van der Waals surface area contributed by atoms with Crippen LogP contribution in [0.15, 0.2) is 24.3 Å². The van der Waals surface area contributed by atoms with E-state index in [2.05, 4.69) is 43.5 Å². The predicted molar refractivity (Wildman–Crippen MR) is 283 cm³/mol. The van der Waals surface area contributed by atoms with Crippen LogP contribution in [0, 0.1) is 0 Å². The Morgan fingerprint density at radius 1 is 0.431 bits per heavy atom. The van der Waals surface area contributed by atoms with E-state index in [4.69, 9.17) is 4.74 Å². The standard InChI is InChI=1S/C59H113NO5/c1-3-5-7-9-11-13-15-17-29-33-37-41-45-49-53-59(64)65-54-50-46-42-38-34-30-27-25-23-21-19-18-20-22-24-26-28-32-36-40-44-48-52-58(63)60-56(55-61)57(62)51-47-43-39-35-31-16-14-12-10-8-6-4-2/h9,11,15,17,56-57,61-62H,3-8,10,12-14,16,18-55H2,1-2H3,(H,60,63)/b11-9-,17-15-. The first-order valence-corrected chi connectivity index (χ1v) is 29.1. The van der Waals surface area contributed by atoms with Gasteiger partial charge in [-0.15, -0.1) is 0 Å². The quantitative estimate of drug-likeness (QED) is 0.0321. The second kappa shape index (κ2) is 54.9. The maximum Gasteiger partial charge on any atom is 0.305 e. The Labute approximate surface area is 405 Å². The molecule has 0 rings (SSSR count). The van der Waals surface area contributed by atoms with Crippen LogP contribution in [0.25, 0.3) is 0 Å². The number of rotatable bonds is 54. The number of hydrogen-bond acceptors (Lipinski definition) is 5. The summed E-state index contributed by atoms with van der Waals surface area (Å²) in [6.07, 6.45) is 66.0. The van der Waals surface area contributed by atoms with Crippen molar-refractivity contribution in [3.63, 3.8) is 0 Å². The van der Waals surface area contributed by atoms with Crippen LogP contribution in [0.4, 0.5) is 0 Å². The van der Waals surface area contributed by atoms with Gasteiger partial charge in [-0.25, -0.2) is 0 Å². The minimum absolute atomic E-state index is 0.00130. The summed E-state index contributed by atoms with van der Waals surface area (Å²) in [5.74, 6) is -0.0364. The van der Waals surface area contributed by atoms with E-state index < -0.39 is 12.1 Å². The maximum atomic E-state index is 12.4. The Bertz CT molecular complexity index is 1010. The van der Waals surface area contributed by atoms with E-state index in [0.717, 1.165) is 51.4 Å². The molecular weight excluding hydrogens is 803 g/mol. The molecule has 0 aromatic rings. The molecule has 0 saturated carbocycles. The molecule has 3 N–H and O–H groups in total. The zero-order chi connectivity index (χ0) is 47.2. The lowest BCUT2D eigenvalue weighted by atomic mass is 10.0. The summed E-state index contributed by atoms with van der Waals surface area (Å²) in [6, 6.07) is -0.540. The molecule has 0 bridgehead atoms. The first kappa shape index (κ1) is 63.3. The van der Waals surface area contributed by atoms with E-state index >= 15 is 0 Å². The second-order valence-electron chi connectivity index (χ2n) is 20.0. The average Bonchev–Trinajstić information content (AvgIpc) is 3.31. The third kappa shape index (κ3) is 51.6. The fourth-order valence-electron chi connectivity index (χ4n) is 9.01. The molecule has 0 aromatic heterocycles. The van der Waals surface area contributed by atoms with Crippen LogP contribution in [0.5, 0.6) is 0 Å². The van der Waals surface area contributed by atoms with Crippen LogP contribution in [-0.4, -0.2) is 47.4 Å². The average molecular weight is 917 g/mol. The van der Waals surface area contributed by atoms with Crippen molar-refractivity contribution in [3.8, 4) is 0 Å². The first-order chi connectivity index (χ1) is 32.0. The van der Waals surface area contributed by atoms with E-state index in [1.165, 1.54) is 231 Å². The normalized spacial score (nSPS) is 12.7. The summed E-state index contributed by atoms with van der Waals surface area (Å²) in [7, 11) is 0. The highest BCUT2D eigenvalue weighted by Gasteiger charge is 2.20. The number of esters is 1. The zero-order valence-corrected chi connectivity index (χ0v) is 43.7. The topological polar surface area (TPSA) is 95.9 Å². The van der Waals surface area contributed by atoms with Gasteiger partial charge in [-0.2, -0.15) is 0 Å². The molecular formula is C59H113NO5. The van der Waals surface area contributed by atoms with Gasteiger partial charge in [0.05, 0.1) is 25.4 Å². The fourth-order valence-corrected chi connectivity index (χ4v) is 9.01. The minimum atomic E-state index is -0.663. The van der Waals surface area contributed by atoms with Gasteiger partial charge < -0.3 is 20.3 Å². The molecule has 2 unspecified atom stereocenters. The van der Waals surface area contributed by atoms with E-state index in [0.29, 0.717) is 25.9 Å². The molecule has 65 heavy (non-hydrogen) atoms. The number of carbonyl (C=O) groups is 2. The monoisotopic (exact) mass is 916 g/mol. The van der Waals surface area contributed by atoms with Gasteiger partial charge in [-0.3, -0.25) is 9.59 Å². The number of ether oxygens (including phenoxy) is 1. The van der Waals surface area contributed by atoms with E-state index in [-0.39, 0.29) is 18.5 Å². The van der Waals surface area contributed by atoms with Gasteiger partial charge in [0.1, 0.15) is 0 Å². The van der Waals surface area contributed by atoms with Gasteiger partial charge in [0.25, 0.3) is 0 Å². The van der Waals surface area contributed by atoms with Crippen molar-refractivity contribution in [2.45, 2.75) is 328 Å². The molecule has 0 spiro atoms. The molecule has 0 radical (unpaired) electrons. The van der Waals surface area contributed by atoms with Crippen molar-refractivity contribution >= 4 is 11.9 Å². The Kier molecular flexibility index (Phi) is 53.5. The largest absolute Gasteiger partial charge is 0.466 e. The third-order valence-electron chi connectivity index (χ3n) is 13.5. The number of amides is 1. The molecule has 384 valence electrons. The maximum absolute atomic E-state index is 12.4. The highest BCUT2D eigenvalue weighted by atomic mass is 16.5. The lowest BCUT2D eigenvalue weighted by Gasteiger charge is -2.22. The van der Waals surface area contributed by atoms with Crippen LogP contribution in [0.3, 0.4) is 0 Å². The number of hydrogen-bond donors (Lipinski definition) is 3. The van der Waals surface area contributed by atoms with Crippen LogP contribution in [0.1, 0.15) is 316 Å². The third-order valence-corrected chi connectivity index (χ3v) is 13.5. The van der Waals surface area contributed by atoms with Crippen LogP contribution < -0.4 is 5.32 Å². The van der Waals surface area contributed by atoms with Gasteiger partial charge in [0, 0.05) is 12.8 Å². The molecule has 6 nitrogen and oxygen atoms in total. The van der Waals surface area contributed by atoms with Crippen molar-refractivity contribution in [2.75, 3.05) is 13.2 Å². The van der Waals surface area contributed by atoms with E-state index in [1.54, 1.807) is 0 Å². The number of unbranched alkanes of at least 4 members (excludes halogenated alkanes) is 39. The summed E-state index contributed by atoms with van der Waals surface area (Å²) in [6.45, 7) is 4.91. The van der Waals surface area contributed by atoms with E-state index in [1.807, 2.05) is 0 Å². The fraction of sp³-hybridized carbons (Fsp3) is 0.898. The van der Waals surface area contributed by atoms with Gasteiger partial charge in [0.2, 0.25) is 5.91 Å². The first-order valence-electron chi connectivity index (χ1n) is 29.1. The van der Waals surface area contributed by atoms with Crippen molar-refractivity contribution < 1.29 is 24.5 Å². The second-order valence-corrected chi connectivity index (χ2v) is 20.0. The zero-order valence-electron chi connectivity index (χ0n) is 43.7. The Morgan fingerprint density at radius 2 is 0.785 bits per heavy atom. The van der Waals surface area contributed by atoms with Crippen LogP contribution in [-0.2, 0) is 14.3 Å². The smallest absolute Gasteiger partial charge is 0.305 e. The van der Waals surface area contributed by atoms with Crippen molar-refractivity contribution in [3.05, 3.63) is 24.3 Å². The lowest BCUT2D eigenvalue weighted by molar-refractivity contribution is -0.143. The molecule has 0 aliphatic heterocycles. The molecule has 1 amide bonds. The molecule has 0 fully saturated rings. The molecule has 2 atom stereocenters. The van der Waals surface area contributed by atoms with Gasteiger partial charge in [-0.05, 0) is 51.4 Å². The number of aliphatic hydroxyl groups excluding tert-OH is 2. The Balaban J connectivity index is 3.37. The summed E-state index contributed by atoms with van der Waals surface area (Å²) >= 11 is 0. The molecule has 6 heteroatoms. The molecule has 0 aliphatic carbocycles. The summed E-state index contributed by atoms with van der Waals surface area (Å²) in [5, 5.41) is 23.2. The Hall–Kier alpha value is -1.66. The minimum Gasteiger partial charge on any atom is -0.466 e. The summed E-state index contributed by atoms with van der Waals surface area (Å²) < 4.78 is 5.47. The highest BCUT2D eigenvalue weighted by molar-refractivity contribution is 5.76. The number of aliphatic hydroxyl groups is 2. The number of carbonyl (C=O) groups excluding carboxylic acids is 2.